The van der Waals surface area contributed by atoms with Crippen LogP contribution in [0.1, 0.15) is 22.3 Å². The molecule has 0 fully saturated rings. The molecular formula is C29H26Ti. The van der Waals surface area contributed by atoms with E-state index in [1.54, 1.807) is 0 Å². The molecule has 0 aromatic heterocycles. The molecule has 0 atom stereocenters. The number of hydrogen-bond donors (Lipinski definition) is 0. The van der Waals surface area contributed by atoms with Gasteiger partial charge < -0.3 is 0 Å². The van der Waals surface area contributed by atoms with Gasteiger partial charge >= 0.3 is 180 Å². The van der Waals surface area contributed by atoms with E-state index in [2.05, 4.69) is 95.4 Å². The molecule has 6 rings (SSSR count). The summed E-state index contributed by atoms with van der Waals surface area (Å²) in [7, 11) is 0. The third kappa shape index (κ3) is 2.41. The van der Waals surface area contributed by atoms with Gasteiger partial charge in [0.2, 0.25) is 0 Å². The average molecular weight is 422 g/mol. The Labute approximate surface area is 179 Å². The fourth-order valence-corrected chi connectivity index (χ4v) is 12.1. The van der Waals surface area contributed by atoms with Crippen LogP contribution in [0.3, 0.4) is 0 Å². The summed E-state index contributed by atoms with van der Waals surface area (Å²) in [5.74, 6) is 0. The third-order valence-corrected chi connectivity index (χ3v) is 14.3. The van der Waals surface area contributed by atoms with Crippen LogP contribution in [-0.2, 0) is 27.7 Å². The second-order valence-electron chi connectivity index (χ2n) is 10.0. The normalized spacial score (nSPS) is 14.1. The second kappa shape index (κ2) is 6.00. The quantitative estimate of drug-likeness (QED) is 0.301. The van der Waals surface area contributed by atoms with Gasteiger partial charge in [0, 0.05) is 0 Å². The van der Waals surface area contributed by atoms with Crippen molar-refractivity contribution >= 4 is 12.6 Å². The van der Waals surface area contributed by atoms with Gasteiger partial charge in [0.15, 0.2) is 0 Å². The van der Waals surface area contributed by atoms with Gasteiger partial charge in [-0.25, -0.2) is 0 Å². The predicted molar refractivity (Wildman–Crippen MR) is 127 cm³/mol. The van der Waals surface area contributed by atoms with Gasteiger partial charge in [-0.15, -0.1) is 0 Å². The zero-order valence-corrected chi connectivity index (χ0v) is 19.3. The van der Waals surface area contributed by atoms with Crippen LogP contribution in [0.4, 0.5) is 0 Å². The standard InChI is InChI=1S/2C13H9.2CH3.CH2.Ti/c2*1-3-7-12-10(5-1)9-11-6-2-4-8-13(11)12;;;;/h2*1-5,7-8H,9H2;2*1H3;1H2;. The molecule has 30 heavy (non-hydrogen) atoms. The molecule has 0 saturated carbocycles. The van der Waals surface area contributed by atoms with Crippen molar-refractivity contribution in [1.29, 1.82) is 0 Å². The van der Waals surface area contributed by atoms with Crippen molar-refractivity contribution in [2.75, 3.05) is 0 Å². The van der Waals surface area contributed by atoms with Crippen molar-refractivity contribution in [3.8, 4) is 22.3 Å². The van der Waals surface area contributed by atoms with Gasteiger partial charge in [0.25, 0.3) is 0 Å². The summed E-state index contributed by atoms with van der Waals surface area (Å²) in [6, 6.07) is 31.7. The van der Waals surface area contributed by atoms with Crippen LogP contribution in [0.15, 0.2) is 84.9 Å². The molecule has 2 aliphatic carbocycles. The summed E-state index contributed by atoms with van der Waals surface area (Å²) < 4.78 is 3.06. The number of hydrogen-bond acceptors (Lipinski definition) is 0. The van der Waals surface area contributed by atoms with E-state index in [0.29, 0.717) is 0 Å². The fraction of sp³-hybridized carbons (Fsp3) is 0.138. The Morgan fingerprint density at radius 1 is 0.533 bits per heavy atom. The molecule has 0 N–H and O–H groups in total. The van der Waals surface area contributed by atoms with Crippen molar-refractivity contribution in [2.24, 2.45) is 0 Å². The first-order valence-corrected chi connectivity index (χ1v) is 16.7. The van der Waals surface area contributed by atoms with E-state index >= 15 is 0 Å². The summed E-state index contributed by atoms with van der Waals surface area (Å²) in [5.41, 5.74) is 11.6. The number of benzene rings is 4. The zero-order valence-electron chi connectivity index (χ0n) is 17.7. The van der Waals surface area contributed by atoms with Crippen molar-refractivity contribution in [2.45, 2.75) is 23.3 Å². The van der Waals surface area contributed by atoms with Crippen molar-refractivity contribution in [3.63, 3.8) is 0 Å². The Kier molecular flexibility index (Phi) is 3.65. The van der Waals surface area contributed by atoms with E-state index in [9.17, 15) is 0 Å². The predicted octanol–water partition coefficient (Wildman–Crippen LogP) is 6.00. The first-order valence-electron chi connectivity index (χ1n) is 10.9. The van der Waals surface area contributed by atoms with Crippen LogP contribution >= 0.6 is 0 Å². The minimum atomic E-state index is -3.46. The summed E-state index contributed by atoms with van der Waals surface area (Å²) in [4.78, 5) is 5.11. The van der Waals surface area contributed by atoms with Gasteiger partial charge in [0.05, 0.1) is 0 Å². The molecule has 0 saturated heterocycles. The van der Waals surface area contributed by atoms with Crippen molar-refractivity contribution in [1.82, 2.24) is 0 Å². The van der Waals surface area contributed by atoms with Crippen LogP contribution in [0.5, 0.6) is 0 Å². The molecule has 4 aromatic rings. The topological polar surface area (TPSA) is 0 Å². The molecule has 0 heterocycles. The van der Waals surface area contributed by atoms with Crippen LogP contribution in [0.2, 0.25) is 10.5 Å². The molecule has 0 aliphatic heterocycles. The fourth-order valence-electron chi connectivity index (χ4n) is 5.96. The number of rotatable bonds is 2. The maximum absolute atomic E-state index is 5.11. The Bertz CT molecular complexity index is 1310. The van der Waals surface area contributed by atoms with E-state index in [0.717, 1.165) is 12.8 Å². The van der Waals surface area contributed by atoms with Gasteiger partial charge in [0.1, 0.15) is 0 Å². The molecule has 1 heteroatoms. The van der Waals surface area contributed by atoms with Gasteiger partial charge in [-0.2, -0.15) is 0 Å². The molecule has 4 aromatic carbocycles. The monoisotopic (exact) mass is 422 g/mol. The molecular weight excluding hydrogens is 396 g/mol. The molecule has 0 nitrogen and oxygen atoms in total. The molecule has 0 unspecified atom stereocenters. The van der Waals surface area contributed by atoms with Gasteiger partial charge in [-0.3, -0.25) is 0 Å². The summed E-state index contributed by atoms with van der Waals surface area (Å²) in [6.45, 7) is 0. The molecule has 146 valence electrons. The second-order valence-corrected chi connectivity index (χ2v) is 20.1. The molecule has 0 bridgehead atoms. The molecule has 0 spiro atoms. The van der Waals surface area contributed by atoms with Gasteiger partial charge in [-0.1, -0.05) is 0 Å². The van der Waals surface area contributed by atoms with E-state index < -0.39 is 14.8 Å². The van der Waals surface area contributed by atoms with E-state index in [1.165, 1.54) is 52.2 Å². The van der Waals surface area contributed by atoms with E-state index in [4.69, 9.17) is 4.82 Å². The Morgan fingerprint density at radius 2 is 0.933 bits per heavy atom. The molecule has 0 radical (unpaired) electrons. The van der Waals surface area contributed by atoms with Crippen LogP contribution < -0.4 is 7.74 Å². The Hall–Kier alpha value is -2.54. The van der Waals surface area contributed by atoms with E-state index in [1.807, 2.05) is 0 Å². The van der Waals surface area contributed by atoms with Crippen LogP contribution in [0.25, 0.3) is 22.3 Å². The van der Waals surface area contributed by atoms with E-state index in [-0.39, 0.29) is 0 Å². The first kappa shape index (κ1) is 18.3. The summed E-state index contributed by atoms with van der Waals surface area (Å²) in [5, 5.41) is 5.02. The van der Waals surface area contributed by atoms with Crippen molar-refractivity contribution < 1.29 is 14.8 Å². The molecule has 2 aliphatic rings. The van der Waals surface area contributed by atoms with Crippen LogP contribution in [-0.4, -0.2) is 4.82 Å². The van der Waals surface area contributed by atoms with Gasteiger partial charge in [-0.05, 0) is 0 Å². The van der Waals surface area contributed by atoms with Crippen LogP contribution in [0, 0.1) is 0 Å². The zero-order chi connectivity index (χ0) is 20.5. The maximum atomic E-state index is 5.11. The first-order chi connectivity index (χ1) is 14.4. The molecule has 0 amide bonds. The number of fused-ring (bicyclic) bond motifs is 6. The third-order valence-electron chi connectivity index (χ3n) is 7.43. The van der Waals surface area contributed by atoms with Crippen molar-refractivity contribution in [3.05, 3.63) is 107 Å². The SMILES string of the molecule is [CH2]=[Ti]([CH3])([CH3])([c]1cccc2c1Cc1ccccc1-2)[c]1cccc2c1Cc1ccccc1-2. The summed E-state index contributed by atoms with van der Waals surface area (Å²) >= 11 is -3.46. The Morgan fingerprint density at radius 3 is 1.40 bits per heavy atom. The minimum absolute atomic E-state index is 1.04. The average Bonchev–Trinajstić information content (AvgIpc) is 3.31. The summed E-state index contributed by atoms with van der Waals surface area (Å²) in [6.07, 6.45) is 2.07. The Balaban J connectivity index is 1.59.